The summed E-state index contributed by atoms with van der Waals surface area (Å²) in [7, 11) is -0.828. The van der Waals surface area contributed by atoms with E-state index in [-0.39, 0.29) is 16.1 Å². The van der Waals surface area contributed by atoms with Crippen LogP contribution in [0, 0.1) is 12.7 Å². The smallest absolute Gasteiger partial charge is 0.257 e. The summed E-state index contributed by atoms with van der Waals surface area (Å²) in [5.41, 5.74) is 1.74. The Balaban J connectivity index is 2.04. The molecule has 150 valence electrons. The largest absolute Gasteiger partial charge is 0.371 e. The van der Waals surface area contributed by atoms with Gasteiger partial charge in [-0.2, -0.15) is 0 Å². The summed E-state index contributed by atoms with van der Waals surface area (Å²) in [5, 5.41) is 2.59. The molecule has 0 unspecified atom stereocenters. The first-order valence-electron chi connectivity index (χ1n) is 9.09. The van der Waals surface area contributed by atoms with Crippen molar-refractivity contribution >= 4 is 27.3 Å². The van der Waals surface area contributed by atoms with Crippen LogP contribution in [0.5, 0.6) is 0 Å². The van der Waals surface area contributed by atoms with Gasteiger partial charge in [-0.3, -0.25) is 4.79 Å². The summed E-state index contributed by atoms with van der Waals surface area (Å²) in [4.78, 5) is 15.1. The third kappa shape index (κ3) is 4.02. The molecular weight excluding hydrogens is 381 g/mol. The molecule has 0 aromatic heterocycles. The zero-order valence-electron chi connectivity index (χ0n) is 16.2. The molecule has 1 aliphatic heterocycles. The molecule has 0 radical (unpaired) electrons. The Morgan fingerprint density at radius 1 is 1.11 bits per heavy atom. The van der Waals surface area contributed by atoms with Crippen LogP contribution in [0.15, 0.2) is 41.3 Å². The number of hydrogen-bond donors (Lipinski definition) is 1. The number of nitrogens with one attached hydrogen (secondary N) is 1. The lowest BCUT2D eigenvalue weighted by Gasteiger charge is -2.22. The molecule has 0 atom stereocenters. The van der Waals surface area contributed by atoms with Gasteiger partial charge in [0.2, 0.25) is 10.0 Å². The molecule has 1 saturated heterocycles. The van der Waals surface area contributed by atoms with Gasteiger partial charge in [-0.1, -0.05) is 6.07 Å². The summed E-state index contributed by atoms with van der Waals surface area (Å²) < 4.78 is 40.2. The topological polar surface area (TPSA) is 69.7 Å². The molecule has 0 spiro atoms. The molecule has 2 aromatic carbocycles. The van der Waals surface area contributed by atoms with Crippen molar-refractivity contribution in [2.45, 2.75) is 24.7 Å². The van der Waals surface area contributed by atoms with Crippen molar-refractivity contribution in [3.8, 4) is 0 Å². The van der Waals surface area contributed by atoms with Crippen molar-refractivity contribution in [3.05, 3.63) is 53.3 Å². The quantitative estimate of drug-likeness (QED) is 0.829. The van der Waals surface area contributed by atoms with Gasteiger partial charge in [0.25, 0.3) is 5.91 Å². The number of sulfonamides is 1. The van der Waals surface area contributed by atoms with E-state index in [4.69, 9.17) is 0 Å². The highest BCUT2D eigenvalue weighted by Crippen LogP contribution is 2.29. The van der Waals surface area contributed by atoms with E-state index in [1.807, 2.05) is 4.90 Å². The SMILES string of the molecule is Cc1ccc(F)c(NC(=O)c2cc(S(=O)(=O)N(C)C)ccc2N2CCCC2)c1. The third-order valence-electron chi connectivity index (χ3n) is 4.81. The van der Waals surface area contributed by atoms with E-state index in [1.54, 1.807) is 25.1 Å². The van der Waals surface area contributed by atoms with Crippen LogP contribution in [-0.4, -0.2) is 45.8 Å². The average Bonchev–Trinajstić information content (AvgIpc) is 3.18. The second-order valence-electron chi connectivity index (χ2n) is 7.10. The maximum absolute atomic E-state index is 14.1. The normalized spacial score (nSPS) is 14.5. The van der Waals surface area contributed by atoms with Crippen molar-refractivity contribution in [3.63, 3.8) is 0 Å². The van der Waals surface area contributed by atoms with Crippen molar-refractivity contribution in [2.75, 3.05) is 37.4 Å². The summed E-state index contributed by atoms with van der Waals surface area (Å²) in [5.74, 6) is -1.08. The van der Waals surface area contributed by atoms with Crippen molar-refractivity contribution in [1.29, 1.82) is 0 Å². The Morgan fingerprint density at radius 3 is 2.43 bits per heavy atom. The number of nitrogens with zero attached hydrogens (tertiary/aromatic N) is 2. The number of anilines is 2. The van der Waals surface area contributed by atoms with Crippen molar-refractivity contribution < 1.29 is 17.6 Å². The van der Waals surface area contributed by atoms with E-state index >= 15 is 0 Å². The van der Waals surface area contributed by atoms with Gasteiger partial charge in [0, 0.05) is 32.9 Å². The van der Waals surface area contributed by atoms with Gasteiger partial charge >= 0.3 is 0 Å². The fraction of sp³-hybridized carbons (Fsp3) is 0.350. The van der Waals surface area contributed by atoms with Crippen LogP contribution in [-0.2, 0) is 10.0 Å². The molecule has 0 bridgehead atoms. The number of benzene rings is 2. The first-order valence-corrected chi connectivity index (χ1v) is 10.5. The van der Waals surface area contributed by atoms with E-state index in [1.165, 1.54) is 32.3 Å². The Hall–Kier alpha value is -2.45. The Labute approximate surface area is 165 Å². The van der Waals surface area contributed by atoms with Crippen LogP contribution >= 0.6 is 0 Å². The fourth-order valence-corrected chi connectivity index (χ4v) is 4.16. The molecule has 28 heavy (non-hydrogen) atoms. The minimum absolute atomic E-state index is 0.0234. The van der Waals surface area contributed by atoms with Gasteiger partial charge in [0.15, 0.2) is 0 Å². The molecule has 3 rings (SSSR count). The first-order chi connectivity index (χ1) is 13.2. The summed E-state index contributed by atoms with van der Waals surface area (Å²) in [6.45, 7) is 3.38. The Bertz CT molecular complexity index is 1000. The molecule has 8 heteroatoms. The lowest BCUT2D eigenvalue weighted by atomic mass is 10.1. The number of amides is 1. The standard InChI is InChI=1S/C20H24FN3O3S/c1-14-6-8-17(21)18(12-14)22-20(25)16-13-15(28(26,27)23(2)3)7-9-19(16)24-10-4-5-11-24/h6-9,12-13H,4-5,10-11H2,1-3H3,(H,22,25). The van der Waals surface area contributed by atoms with Crippen molar-refractivity contribution in [1.82, 2.24) is 4.31 Å². The predicted octanol–water partition coefficient (Wildman–Crippen LogP) is 3.24. The fourth-order valence-electron chi connectivity index (χ4n) is 3.23. The number of aryl methyl sites for hydroxylation is 1. The minimum Gasteiger partial charge on any atom is -0.371 e. The minimum atomic E-state index is -3.70. The second-order valence-corrected chi connectivity index (χ2v) is 9.25. The zero-order chi connectivity index (χ0) is 20.5. The van der Waals surface area contributed by atoms with Gasteiger partial charge < -0.3 is 10.2 Å². The highest BCUT2D eigenvalue weighted by molar-refractivity contribution is 7.89. The van der Waals surface area contributed by atoms with E-state index in [2.05, 4.69) is 5.32 Å². The van der Waals surface area contributed by atoms with Crippen LogP contribution in [0.4, 0.5) is 15.8 Å². The van der Waals surface area contributed by atoms with Crippen LogP contribution in [0.25, 0.3) is 0 Å². The molecule has 1 N–H and O–H groups in total. The highest BCUT2D eigenvalue weighted by atomic mass is 32.2. The van der Waals surface area contributed by atoms with E-state index < -0.39 is 21.7 Å². The van der Waals surface area contributed by atoms with Gasteiger partial charge in [-0.05, 0) is 55.7 Å². The van der Waals surface area contributed by atoms with Gasteiger partial charge in [-0.25, -0.2) is 17.1 Å². The van der Waals surface area contributed by atoms with Crippen LogP contribution in [0.3, 0.4) is 0 Å². The van der Waals surface area contributed by atoms with Gasteiger partial charge in [0.05, 0.1) is 16.1 Å². The molecular formula is C20H24FN3O3S. The first kappa shape index (κ1) is 20.3. The molecule has 6 nitrogen and oxygen atoms in total. The molecule has 1 amide bonds. The summed E-state index contributed by atoms with van der Waals surface area (Å²) in [6.07, 6.45) is 2.01. The lowest BCUT2D eigenvalue weighted by molar-refractivity contribution is 0.102. The van der Waals surface area contributed by atoms with Gasteiger partial charge in [-0.15, -0.1) is 0 Å². The number of carbonyl (C=O) groups excluding carboxylic acids is 1. The predicted molar refractivity (Wildman–Crippen MR) is 108 cm³/mol. The number of halogens is 1. The molecule has 1 aliphatic rings. The Morgan fingerprint density at radius 2 is 1.79 bits per heavy atom. The Kier molecular flexibility index (Phi) is 5.71. The molecule has 1 fully saturated rings. The van der Waals surface area contributed by atoms with E-state index in [0.717, 1.165) is 35.8 Å². The van der Waals surface area contributed by atoms with Crippen LogP contribution in [0.1, 0.15) is 28.8 Å². The second kappa shape index (κ2) is 7.89. The third-order valence-corrected chi connectivity index (χ3v) is 6.62. The molecule has 2 aromatic rings. The lowest BCUT2D eigenvalue weighted by Crippen LogP contribution is -2.25. The van der Waals surface area contributed by atoms with Crippen LogP contribution < -0.4 is 10.2 Å². The maximum Gasteiger partial charge on any atom is 0.257 e. The summed E-state index contributed by atoms with van der Waals surface area (Å²) in [6, 6.07) is 8.98. The highest BCUT2D eigenvalue weighted by Gasteiger charge is 2.25. The van der Waals surface area contributed by atoms with Crippen molar-refractivity contribution in [2.24, 2.45) is 0 Å². The van der Waals surface area contributed by atoms with Crippen LogP contribution in [0.2, 0.25) is 0 Å². The molecule has 0 saturated carbocycles. The van der Waals surface area contributed by atoms with E-state index in [0.29, 0.717) is 5.69 Å². The summed E-state index contributed by atoms with van der Waals surface area (Å²) >= 11 is 0. The van der Waals surface area contributed by atoms with Gasteiger partial charge in [0.1, 0.15) is 5.82 Å². The monoisotopic (exact) mass is 405 g/mol. The zero-order valence-corrected chi connectivity index (χ0v) is 17.0. The number of carbonyl (C=O) groups is 1. The average molecular weight is 405 g/mol. The number of rotatable bonds is 5. The van der Waals surface area contributed by atoms with E-state index in [9.17, 15) is 17.6 Å². The molecule has 0 aliphatic carbocycles. The maximum atomic E-state index is 14.1. The number of hydrogen-bond acceptors (Lipinski definition) is 4. The molecule has 1 heterocycles.